The second-order valence-electron chi connectivity index (χ2n) is 6.67. The molecular formula is C21H21ClN4O. The molecule has 0 aliphatic carbocycles. The predicted octanol–water partition coefficient (Wildman–Crippen LogP) is 3.80. The van der Waals surface area contributed by atoms with Crippen molar-refractivity contribution in [2.24, 2.45) is 0 Å². The zero-order valence-electron chi connectivity index (χ0n) is 15.2. The van der Waals surface area contributed by atoms with Gasteiger partial charge in [0.15, 0.2) is 0 Å². The molecule has 0 unspecified atom stereocenters. The monoisotopic (exact) mass is 380 g/mol. The minimum atomic E-state index is 0.0233. The minimum absolute atomic E-state index is 0.0233. The van der Waals surface area contributed by atoms with Crippen LogP contribution in [0.3, 0.4) is 0 Å². The number of benzene rings is 2. The third kappa shape index (κ3) is 3.69. The normalized spacial score (nSPS) is 14.4. The van der Waals surface area contributed by atoms with E-state index in [0.29, 0.717) is 18.8 Å². The van der Waals surface area contributed by atoms with Crippen LogP contribution in [0.25, 0.3) is 5.69 Å². The number of rotatable bonds is 3. The Balaban J connectivity index is 1.50. The number of para-hydroxylation sites is 1. The molecule has 6 heteroatoms. The van der Waals surface area contributed by atoms with Crippen LogP contribution in [-0.4, -0.2) is 46.8 Å². The Morgan fingerprint density at radius 2 is 1.59 bits per heavy atom. The number of aryl methyl sites for hydroxylation is 1. The average Bonchev–Trinajstić information content (AvgIpc) is 3.10. The van der Waals surface area contributed by atoms with Gasteiger partial charge in [0.2, 0.25) is 0 Å². The van der Waals surface area contributed by atoms with E-state index in [0.717, 1.165) is 35.2 Å². The van der Waals surface area contributed by atoms with Gasteiger partial charge in [0, 0.05) is 36.9 Å². The van der Waals surface area contributed by atoms with E-state index in [2.05, 4.69) is 10.00 Å². The molecule has 1 aliphatic rings. The van der Waals surface area contributed by atoms with Gasteiger partial charge < -0.3 is 9.80 Å². The molecule has 0 spiro atoms. The molecule has 0 bridgehead atoms. The molecule has 1 fully saturated rings. The van der Waals surface area contributed by atoms with Gasteiger partial charge in [-0.25, -0.2) is 4.68 Å². The highest BCUT2D eigenvalue weighted by atomic mass is 35.5. The SMILES string of the molecule is Cc1cc(C(=O)N2CCN(c3ccc(Cl)cc3)CC2)n(-c2ccccc2)n1. The molecule has 3 aromatic rings. The van der Waals surface area contributed by atoms with E-state index >= 15 is 0 Å². The lowest BCUT2D eigenvalue weighted by atomic mass is 10.2. The van der Waals surface area contributed by atoms with Crippen LogP contribution in [0.5, 0.6) is 0 Å². The van der Waals surface area contributed by atoms with Crippen molar-refractivity contribution in [3.63, 3.8) is 0 Å². The summed E-state index contributed by atoms with van der Waals surface area (Å²) in [6, 6.07) is 19.5. The largest absolute Gasteiger partial charge is 0.368 e. The van der Waals surface area contributed by atoms with Gasteiger partial charge in [0.1, 0.15) is 5.69 Å². The Kier molecular flexibility index (Phi) is 4.86. The third-order valence-electron chi connectivity index (χ3n) is 4.81. The van der Waals surface area contributed by atoms with Crippen LogP contribution in [0.2, 0.25) is 5.02 Å². The number of piperazine rings is 1. The standard InChI is InChI=1S/C21H21ClN4O/c1-16-15-20(26(23-16)19-5-3-2-4-6-19)21(27)25-13-11-24(12-14-25)18-9-7-17(22)8-10-18/h2-10,15H,11-14H2,1H3. The van der Waals surface area contributed by atoms with Gasteiger partial charge in [-0.15, -0.1) is 0 Å². The van der Waals surface area contributed by atoms with Crippen LogP contribution >= 0.6 is 11.6 Å². The molecule has 1 aromatic heterocycles. The molecule has 27 heavy (non-hydrogen) atoms. The zero-order valence-corrected chi connectivity index (χ0v) is 15.9. The number of aromatic nitrogens is 2. The molecule has 1 aliphatic heterocycles. The maximum atomic E-state index is 13.1. The van der Waals surface area contributed by atoms with Crippen molar-refractivity contribution >= 4 is 23.2 Å². The molecular weight excluding hydrogens is 360 g/mol. The van der Waals surface area contributed by atoms with Crippen LogP contribution in [0.1, 0.15) is 16.2 Å². The average molecular weight is 381 g/mol. The van der Waals surface area contributed by atoms with Gasteiger partial charge in [-0.1, -0.05) is 29.8 Å². The lowest BCUT2D eigenvalue weighted by Crippen LogP contribution is -2.49. The second-order valence-corrected chi connectivity index (χ2v) is 7.11. The first-order valence-corrected chi connectivity index (χ1v) is 9.41. The summed E-state index contributed by atoms with van der Waals surface area (Å²) in [5, 5.41) is 5.25. The van der Waals surface area contributed by atoms with E-state index in [-0.39, 0.29) is 5.91 Å². The molecule has 1 saturated heterocycles. The van der Waals surface area contributed by atoms with E-state index in [4.69, 9.17) is 11.6 Å². The van der Waals surface area contributed by atoms with Crippen molar-refractivity contribution in [3.05, 3.63) is 77.1 Å². The zero-order chi connectivity index (χ0) is 18.8. The highest BCUT2D eigenvalue weighted by Gasteiger charge is 2.25. The molecule has 0 radical (unpaired) electrons. The van der Waals surface area contributed by atoms with Gasteiger partial charge in [-0.2, -0.15) is 5.10 Å². The van der Waals surface area contributed by atoms with Gasteiger partial charge >= 0.3 is 0 Å². The third-order valence-corrected chi connectivity index (χ3v) is 5.06. The number of hydrogen-bond donors (Lipinski definition) is 0. The number of carbonyl (C=O) groups is 1. The van der Waals surface area contributed by atoms with E-state index < -0.39 is 0 Å². The summed E-state index contributed by atoms with van der Waals surface area (Å²) in [5.41, 5.74) is 3.48. The van der Waals surface area contributed by atoms with Crippen LogP contribution in [0.15, 0.2) is 60.7 Å². The fourth-order valence-electron chi connectivity index (χ4n) is 3.40. The Morgan fingerprint density at radius 1 is 0.926 bits per heavy atom. The van der Waals surface area contributed by atoms with Gasteiger partial charge in [-0.05, 0) is 49.4 Å². The highest BCUT2D eigenvalue weighted by molar-refractivity contribution is 6.30. The molecule has 0 saturated carbocycles. The van der Waals surface area contributed by atoms with Crippen molar-refractivity contribution < 1.29 is 4.79 Å². The highest BCUT2D eigenvalue weighted by Crippen LogP contribution is 2.21. The first-order valence-electron chi connectivity index (χ1n) is 9.04. The summed E-state index contributed by atoms with van der Waals surface area (Å²) in [4.78, 5) is 17.3. The molecule has 138 valence electrons. The van der Waals surface area contributed by atoms with Crippen molar-refractivity contribution in [1.29, 1.82) is 0 Å². The molecule has 1 amide bonds. The molecule has 5 nitrogen and oxygen atoms in total. The Morgan fingerprint density at radius 3 is 2.26 bits per heavy atom. The Hall–Kier alpha value is -2.79. The van der Waals surface area contributed by atoms with Crippen molar-refractivity contribution in [1.82, 2.24) is 14.7 Å². The molecule has 2 aromatic carbocycles. The topological polar surface area (TPSA) is 41.4 Å². The van der Waals surface area contributed by atoms with Crippen molar-refractivity contribution in [2.75, 3.05) is 31.1 Å². The van der Waals surface area contributed by atoms with Crippen molar-refractivity contribution in [2.45, 2.75) is 6.92 Å². The molecule has 2 heterocycles. The summed E-state index contributed by atoms with van der Waals surface area (Å²) in [7, 11) is 0. The van der Waals surface area contributed by atoms with E-state index in [1.807, 2.05) is 72.5 Å². The number of carbonyl (C=O) groups excluding carboxylic acids is 1. The fourth-order valence-corrected chi connectivity index (χ4v) is 3.53. The smallest absolute Gasteiger partial charge is 0.272 e. The summed E-state index contributed by atoms with van der Waals surface area (Å²) >= 11 is 5.97. The van der Waals surface area contributed by atoms with Crippen LogP contribution in [0, 0.1) is 6.92 Å². The van der Waals surface area contributed by atoms with Crippen molar-refractivity contribution in [3.8, 4) is 5.69 Å². The number of anilines is 1. The van der Waals surface area contributed by atoms with Crippen LogP contribution < -0.4 is 4.90 Å². The number of nitrogens with zero attached hydrogens (tertiary/aromatic N) is 4. The quantitative estimate of drug-likeness (QED) is 0.694. The summed E-state index contributed by atoms with van der Waals surface area (Å²) in [6.07, 6.45) is 0. The van der Waals surface area contributed by atoms with E-state index in [1.54, 1.807) is 4.68 Å². The van der Waals surface area contributed by atoms with Gasteiger partial charge in [0.25, 0.3) is 5.91 Å². The lowest BCUT2D eigenvalue weighted by Gasteiger charge is -2.36. The predicted molar refractivity (Wildman–Crippen MR) is 108 cm³/mol. The number of amides is 1. The van der Waals surface area contributed by atoms with Gasteiger partial charge in [-0.3, -0.25) is 4.79 Å². The number of hydrogen-bond acceptors (Lipinski definition) is 3. The molecule has 0 atom stereocenters. The number of halogens is 1. The Bertz CT molecular complexity index is 929. The Labute approximate surface area is 163 Å². The van der Waals surface area contributed by atoms with Crippen LogP contribution in [0.4, 0.5) is 5.69 Å². The minimum Gasteiger partial charge on any atom is -0.368 e. The van der Waals surface area contributed by atoms with E-state index in [1.165, 1.54) is 0 Å². The fraction of sp³-hybridized carbons (Fsp3) is 0.238. The maximum absolute atomic E-state index is 13.1. The maximum Gasteiger partial charge on any atom is 0.272 e. The second kappa shape index (κ2) is 7.45. The van der Waals surface area contributed by atoms with E-state index in [9.17, 15) is 4.79 Å². The van der Waals surface area contributed by atoms with Gasteiger partial charge in [0.05, 0.1) is 11.4 Å². The first kappa shape index (κ1) is 17.6. The molecule has 0 N–H and O–H groups in total. The summed E-state index contributed by atoms with van der Waals surface area (Å²) in [5.74, 6) is 0.0233. The molecule has 4 rings (SSSR count). The summed E-state index contributed by atoms with van der Waals surface area (Å²) in [6.45, 7) is 4.87. The first-order chi connectivity index (χ1) is 13.1. The van der Waals surface area contributed by atoms with Crippen LogP contribution in [-0.2, 0) is 0 Å². The lowest BCUT2D eigenvalue weighted by molar-refractivity contribution is 0.0737. The summed E-state index contributed by atoms with van der Waals surface area (Å²) < 4.78 is 1.74.